The molecule has 1 fully saturated rings. The van der Waals surface area contributed by atoms with Crippen LogP contribution in [0.5, 0.6) is 5.75 Å². The Labute approximate surface area is 184 Å². The van der Waals surface area contributed by atoms with Gasteiger partial charge in [-0.05, 0) is 51.3 Å². The largest absolute Gasteiger partial charge is 0.496 e. The molecule has 0 radical (unpaired) electrons. The highest BCUT2D eigenvalue weighted by Gasteiger charge is 2.19. The topological polar surface area (TPSA) is 57.2 Å². The summed E-state index contributed by atoms with van der Waals surface area (Å²) in [6, 6.07) is 13.5. The molecule has 29 heavy (non-hydrogen) atoms. The van der Waals surface area contributed by atoms with Crippen LogP contribution in [-0.2, 0) is 11.3 Å². The Hall–Kier alpha value is -1.93. The minimum absolute atomic E-state index is 0.117. The molecule has 0 aliphatic carbocycles. The molecule has 2 aromatic rings. The monoisotopic (exact) mass is 478 g/mol. The van der Waals surface area contributed by atoms with E-state index in [1.807, 2.05) is 36.4 Å². The number of amides is 1. The molecule has 1 aliphatic heterocycles. The number of nitrogens with zero attached hydrogens (tertiary/aromatic N) is 3. The highest BCUT2D eigenvalue weighted by Crippen LogP contribution is 2.24. The van der Waals surface area contributed by atoms with Gasteiger partial charge in [-0.25, -0.2) is 5.43 Å². The number of carbonyl (C=O) groups is 1. The molecule has 0 atom stereocenters. The third-order valence-corrected chi connectivity index (χ3v) is 5.75. The summed E-state index contributed by atoms with van der Waals surface area (Å²) in [5, 5.41) is 4.85. The number of hydrazone groups is 1. The van der Waals surface area contributed by atoms with Crippen molar-refractivity contribution in [2.75, 3.05) is 39.8 Å². The number of hydrogen-bond donors (Lipinski definition) is 1. The number of piperazine rings is 1. The first kappa shape index (κ1) is 21.8. The summed E-state index contributed by atoms with van der Waals surface area (Å²) in [6.45, 7) is 4.66. The number of benzene rings is 2. The fraction of sp³-hybridized carbons (Fsp3) is 0.333. The normalized spacial score (nSPS) is 15.6. The second-order valence-electron chi connectivity index (χ2n) is 6.83. The molecule has 0 spiro atoms. The fourth-order valence-corrected chi connectivity index (χ4v) is 3.91. The summed E-state index contributed by atoms with van der Waals surface area (Å²) in [6.07, 6.45) is 1.61. The van der Waals surface area contributed by atoms with E-state index in [0.717, 1.165) is 59.1 Å². The first-order chi connectivity index (χ1) is 14.0. The Morgan fingerprint density at radius 1 is 1.21 bits per heavy atom. The molecule has 3 rings (SSSR count). The quantitative estimate of drug-likeness (QED) is 0.489. The summed E-state index contributed by atoms with van der Waals surface area (Å²) >= 11 is 9.68. The second kappa shape index (κ2) is 10.7. The Balaban J connectivity index is 1.40. The zero-order chi connectivity index (χ0) is 20.6. The van der Waals surface area contributed by atoms with E-state index in [2.05, 4.69) is 42.3 Å². The third-order valence-electron chi connectivity index (χ3n) is 4.76. The lowest BCUT2D eigenvalue weighted by molar-refractivity contribution is -0.122. The predicted octanol–water partition coefficient (Wildman–Crippen LogP) is 3.38. The lowest BCUT2D eigenvalue weighted by Gasteiger charge is -2.34. The van der Waals surface area contributed by atoms with Gasteiger partial charge in [-0.15, -0.1) is 0 Å². The number of methoxy groups -OCH3 is 1. The number of hydrogen-bond acceptors (Lipinski definition) is 5. The minimum Gasteiger partial charge on any atom is -0.496 e. The van der Waals surface area contributed by atoms with Crippen LogP contribution in [0.2, 0.25) is 5.02 Å². The first-order valence-electron chi connectivity index (χ1n) is 9.38. The summed E-state index contributed by atoms with van der Waals surface area (Å²) in [5.41, 5.74) is 4.60. The maximum Gasteiger partial charge on any atom is 0.254 e. The molecule has 0 saturated carbocycles. The van der Waals surface area contributed by atoms with Gasteiger partial charge in [-0.3, -0.25) is 14.6 Å². The third kappa shape index (κ3) is 6.54. The molecule has 6 nitrogen and oxygen atoms in total. The van der Waals surface area contributed by atoms with Gasteiger partial charge in [0.25, 0.3) is 5.91 Å². The SMILES string of the molecule is COc1ccc(C=NNC(=O)CN2CCN(Cc3ccccc3Cl)CC2)cc1Br. The van der Waals surface area contributed by atoms with Crippen LogP contribution in [0, 0.1) is 0 Å². The van der Waals surface area contributed by atoms with Gasteiger partial charge in [0.05, 0.1) is 24.3 Å². The number of rotatable bonds is 7. The van der Waals surface area contributed by atoms with Gasteiger partial charge in [0.2, 0.25) is 0 Å². The molecule has 2 aromatic carbocycles. The average molecular weight is 480 g/mol. The van der Waals surface area contributed by atoms with Crippen molar-refractivity contribution in [2.24, 2.45) is 5.10 Å². The van der Waals surface area contributed by atoms with E-state index in [1.54, 1.807) is 13.3 Å². The minimum atomic E-state index is -0.117. The number of halogens is 2. The van der Waals surface area contributed by atoms with Gasteiger partial charge < -0.3 is 4.74 Å². The van der Waals surface area contributed by atoms with Crippen LogP contribution >= 0.6 is 27.5 Å². The van der Waals surface area contributed by atoms with Crippen LogP contribution in [0.15, 0.2) is 52.0 Å². The van der Waals surface area contributed by atoms with Crippen molar-refractivity contribution in [1.82, 2.24) is 15.2 Å². The summed E-state index contributed by atoms with van der Waals surface area (Å²) in [5.74, 6) is 0.633. The molecule has 1 heterocycles. The van der Waals surface area contributed by atoms with E-state index in [4.69, 9.17) is 16.3 Å². The summed E-state index contributed by atoms with van der Waals surface area (Å²) < 4.78 is 6.04. The van der Waals surface area contributed by atoms with E-state index in [9.17, 15) is 4.79 Å². The molecule has 0 bridgehead atoms. The van der Waals surface area contributed by atoms with Crippen molar-refractivity contribution in [3.63, 3.8) is 0 Å². The zero-order valence-electron chi connectivity index (χ0n) is 16.3. The maximum atomic E-state index is 12.2. The van der Waals surface area contributed by atoms with Crippen LogP contribution in [0.3, 0.4) is 0 Å². The molecular weight excluding hydrogens is 456 g/mol. The van der Waals surface area contributed by atoms with Gasteiger partial charge >= 0.3 is 0 Å². The lowest BCUT2D eigenvalue weighted by atomic mass is 10.2. The van der Waals surface area contributed by atoms with Crippen LogP contribution in [0.1, 0.15) is 11.1 Å². The first-order valence-corrected chi connectivity index (χ1v) is 10.6. The van der Waals surface area contributed by atoms with Crippen molar-refractivity contribution in [2.45, 2.75) is 6.54 Å². The molecule has 8 heteroatoms. The van der Waals surface area contributed by atoms with E-state index >= 15 is 0 Å². The molecule has 1 amide bonds. The van der Waals surface area contributed by atoms with Crippen LogP contribution in [-0.4, -0.2) is 61.8 Å². The predicted molar refractivity (Wildman–Crippen MR) is 120 cm³/mol. The highest BCUT2D eigenvalue weighted by atomic mass is 79.9. The van der Waals surface area contributed by atoms with E-state index in [-0.39, 0.29) is 5.91 Å². The van der Waals surface area contributed by atoms with Gasteiger partial charge in [0.1, 0.15) is 5.75 Å². The molecule has 0 aromatic heterocycles. The van der Waals surface area contributed by atoms with Crippen LogP contribution < -0.4 is 10.2 Å². The van der Waals surface area contributed by atoms with Gasteiger partial charge in [-0.2, -0.15) is 5.10 Å². The van der Waals surface area contributed by atoms with Crippen molar-refractivity contribution in [1.29, 1.82) is 0 Å². The van der Waals surface area contributed by atoms with E-state index in [1.165, 1.54) is 0 Å². The Morgan fingerprint density at radius 3 is 2.62 bits per heavy atom. The van der Waals surface area contributed by atoms with Crippen molar-refractivity contribution in [3.8, 4) is 5.75 Å². The van der Waals surface area contributed by atoms with E-state index in [0.29, 0.717) is 6.54 Å². The molecule has 1 saturated heterocycles. The second-order valence-corrected chi connectivity index (χ2v) is 8.09. The standard InChI is InChI=1S/C21H24BrClN4O2/c1-29-20-7-6-16(12-18(20)22)13-24-25-21(28)15-27-10-8-26(9-11-27)14-17-4-2-3-5-19(17)23/h2-7,12-13H,8-11,14-15H2,1H3,(H,25,28). The lowest BCUT2D eigenvalue weighted by Crippen LogP contribution is -2.48. The Kier molecular flexibility index (Phi) is 8.06. The Bertz CT molecular complexity index is 870. The molecule has 1 aliphatic rings. The smallest absolute Gasteiger partial charge is 0.254 e. The fourth-order valence-electron chi connectivity index (χ4n) is 3.15. The van der Waals surface area contributed by atoms with Gasteiger partial charge in [0, 0.05) is 37.7 Å². The molecular formula is C21H24BrClN4O2. The van der Waals surface area contributed by atoms with Crippen molar-refractivity contribution < 1.29 is 9.53 Å². The van der Waals surface area contributed by atoms with Gasteiger partial charge in [0.15, 0.2) is 0 Å². The summed E-state index contributed by atoms with van der Waals surface area (Å²) in [7, 11) is 1.62. The van der Waals surface area contributed by atoms with Crippen LogP contribution in [0.25, 0.3) is 0 Å². The summed E-state index contributed by atoms with van der Waals surface area (Å²) in [4.78, 5) is 16.7. The van der Waals surface area contributed by atoms with Crippen LogP contribution in [0.4, 0.5) is 0 Å². The Morgan fingerprint density at radius 2 is 1.93 bits per heavy atom. The molecule has 0 unspecified atom stereocenters. The number of ether oxygens (including phenoxy) is 1. The van der Waals surface area contributed by atoms with Crippen molar-refractivity contribution in [3.05, 3.63) is 63.1 Å². The number of nitrogens with one attached hydrogen (secondary N) is 1. The maximum absolute atomic E-state index is 12.2. The zero-order valence-corrected chi connectivity index (χ0v) is 18.6. The van der Waals surface area contributed by atoms with Crippen molar-refractivity contribution >= 4 is 39.7 Å². The average Bonchev–Trinajstić information content (AvgIpc) is 2.71. The van der Waals surface area contributed by atoms with Gasteiger partial charge in [-0.1, -0.05) is 29.8 Å². The number of carbonyl (C=O) groups excluding carboxylic acids is 1. The molecule has 154 valence electrons. The highest BCUT2D eigenvalue weighted by molar-refractivity contribution is 9.10. The van der Waals surface area contributed by atoms with E-state index < -0.39 is 0 Å². The molecule has 1 N–H and O–H groups in total.